The zero-order chi connectivity index (χ0) is 22.1. The van der Waals surface area contributed by atoms with Gasteiger partial charge >= 0.3 is 0 Å². The first-order valence-electron chi connectivity index (χ1n) is 9.58. The van der Waals surface area contributed by atoms with Crippen LogP contribution < -0.4 is 5.32 Å². The number of fused-ring (bicyclic) bond motifs is 1. The van der Waals surface area contributed by atoms with E-state index in [1.54, 1.807) is 41.2 Å². The molecule has 7 nitrogen and oxygen atoms in total. The van der Waals surface area contributed by atoms with Crippen LogP contribution in [0.1, 0.15) is 10.4 Å². The predicted molar refractivity (Wildman–Crippen MR) is 124 cm³/mol. The van der Waals surface area contributed by atoms with Gasteiger partial charge in [-0.25, -0.2) is 0 Å². The highest BCUT2D eigenvalue weighted by Crippen LogP contribution is 2.24. The van der Waals surface area contributed by atoms with Gasteiger partial charge in [-0.2, -0.15) is 9.61 Å². The molecular weight excluding hydrogens is 447 g/mol. The fourth-order valence-electron chi connectivity index (χ4n) is 3.21. The van der Waals surface area contributed by atoms with Crippen molar-refractivity contribution in [2.24, 2.45) is 0 Å². The van der Waals surface area contributed by atoms with Crippen molar-refractivity contribution in [1.29, 1.82) is 0 Å². The molecule has 0 spiro atoms. The summed E-state index contributed by atoms with van der Waals surface area (Å²) in [4.78, 5) is 16.7. The van der Waals surface area contributed by atoms with E-state index in [2.05, 4.69) is 25.6 Å². The van der Waals surface area contributed by atoms with Crippen LogP contribution in [0, 0.1) is 0 Å². The molecule has 156 valence electrons. The fourth-order valence-corrected chi connectivity index (χ4v) is 3.71. The zero-order valence-corrected chi connectivity index (χ0v) is 17.9. The number of hydrogen-bond donors (Lipinski definition) is 1. The van der Waals surface area contributed by atoms with Crippen LogP contribution in [0.25, 0.3) is 28.3 Å². The Bertz CT molecular complexity index is 1430. The normalized spacial score (nSPS) is 10.9. The van der Waals surface area contributed by atoms with E-state index in [4.69, 9.17) is 23.2 Å². The van der Waals surface area contributed by atoms with Gasteiger partial charge in [0.15, 0.2) is 11.5 Å². The number of aromatic nitrogens is 5. The quantitative estimate of drug-likeness (QED) is 0.387. The van der Waals surface area contributed by atoms with Crippen molar-refractivity contribution in [1.82, 2.24) is 24.8 Å². The second-order valence-corrected chi connectivity index (χ2v) is 7.75. The van der Waals surface area contributed by atoms with E-state index in [1.165, 1.54) is 6.07 Å². The Morgan fingerprint density at radius 1 is 0.906 bits per heavy atom. The Kier molecular flexibility index (Phi) is 5.26. The average Bonchev–Trinajstić information content (AvgIpc) is 3.23. The first-order chi connectivity index (χ1) is 15.6. The number of benzene rings is 2. The van der Waals surface area contributed by atoms with Crippen molar-refractivity contribution in [2.45, 2.75) is 0 Å². The number of anilines is 1. The molecule has 1 N–H and O–H groups in total. The summed E-state index contributed by atoms with van der Waals surface area (Å²) >= 11 is 12.0. The molecule has 5 rings (SSSR count). The van der Waals surface area contributed by atoms with E-state index in [-0.39, 0.29) is 5.91 Å². The van der Waals surface area contributed by atoms with E-state index in [0.717, 1.165) is 16.8 Å². The van der Waals surface area contributed by atoms with Gasteiger partial charge in [0.25, 0.3) is 5.91 Å². The summed E-state index contributed by atoms with van der Waals surface area (Å²) in [7, 11) is 0. The molecular formula is C23H14Cl2N6O. The maximum atomic E-state index is 12.5. The molecule has 32 heavy (non-hydrogen) atoms. The first-order valence-corrected chi connectivity index (χ1v) is 10.3. The lowest BCUT2D eigenvalue weighted by Gasteiger charge is -2.08. The molecule has 0 atom stereocenters. The second kappa shape index (κ2) is 8.37. The molecule has 0 aliphatic carbocycles. The molecule has 1 amide bonds. The number of carbonyl (C=O) groups is 1. The van der Waals surface area contributed by atoms with Gasteiger partial charge in [0.2, 0.25) is 0 Å². The third kappa shape index (κ3) is 3.91. The van der Waals surface area contributed by atoms with Gasteiger partial charge < -0.3 is 5.32 Å². The molecule has 0 bridgehead atoms. The molecule has 9 heteroatoms. The van der Waals surface area contributed by atoms with Gasteiger partial charge in [-0.05, 0) is 54.6 Å². The van der Waals surface area contributed by atoms with Crippen molar-refractivity contribution in [3.8, 4) is 22.6 Å². The maximum Gasteiger partial charge on any atom is 0.257 e. The molecule has 0 aliphatic heterocycles. The number of halogens is 2. The van der Waals surface area contributed by atoms with Gasteiger partial charge in [-0.3, -0.25) is 9.78 Å². The van der Waals surface area contributed by atoms with E-state index in [9.17, 15) is 4.79 Å². The SMILES string of the molecule is O=C(Nc1ccc(-c2ccc3nnc(-c4cccnc4)n3n2)cc1)c1ccc(Cl)cc1Cl. The minimum absolute atomic E-state index is 0.294. The summed E-state index contributed by atoms with van der Waals surface area (Å²) in [5, 5.41) is 16.7. The average molecular weight is 461 g/mol. The maximum absolute atomic E-state index is 12.5. The number of pyridine rings is 1. The van der Waals surface area contributed by atoms with Gasteiger partial charge in [-0.1, -0.05) is 35.3 Å². The van der Waals surface area contributed by atoms with E-state index in [1.807, 2.05) is 36.4 Å². The minimum Gasteiger partial charge on any atom is -0.322 e. The van der Waals surface area contributed by atoms with Gasteiger partial charge in [0.05, 0.1) is 16.3 Å². The van der Waals surface area contributed by atoms with Crippen LogP contribution in [0.15, 0.2) is 79.1 Å². The standard InChI is InChI=1S/C23H14Cl2N6O/c24-16-5-8-18(19(25)12-16)23(32)27-17-6-3-14(4-7-17)20-9-10-21-28-29-22(31(21)30-20)15-2-1-11-26-13-15/h1-13H,(H,27,32). The lowest BCUT2D eigenvalue weighted by molar-refractivity contribution is 0.102. The van der Waals surface area contributed by atoms with E-state index in [0.29, 0.717) is 32.8 Å². The molecule has 0 fully saturated rings. The molecule has 0 unspecified atom stereocenters. The summed E-state index contributed by atoms with van der Waals surface area (Å²) in [6.45, 7) is 0. The Hall–Kier alpha value is -3.81. The Labute approximate surface area is 192 Å². The second-order valence-electron chi connectivity index (χ2n) is 6.91. The smallest absolute Gasteiger partial charge is 0.257 e. The Morgan fingerprint density at radius 2 is 1.75 bits per heavy atom. The van der Waals surface area contributed by atoms with E-state index < -0.39 is 0 Å². The predicted octanol–water partition coefficient (Wildman–Crippen LogP) is 5.41. The third-order valence-electron chi connectivity index (χ3n) is 4.80. The highest BCUT2D eigenvalue weighted by molar-refractivity contribution is 6.37. The summed E-state index contributed by atoms with van der Waals surface area (Å²) in [6.07, 6.45) is 3.42. The first kappa shape index (κ1) is 20.1. The summed E-state index contributed by atoms with van der Waals surface area (Å²) < 4.78 is 1.69. The highest BCUT2D eigenvalue weighted by atomic mass is 35.5. The number of rotatable bonds is 4. The molecule has 5 aromatic rings. The van der Waals surface area contributed by atoms with Gasteiger partial charge in [0, 0.05) is 34.2 Å². The number of nitrogens with one attached hydrogen (secondary N) is 1. The summed E-state index contributed by atoms with van der Waals surface area (Å²) in [6, 6.07) is 19.6. The summed E-state index contributed by atoms with van der Waals surface area (Å²) in [5.74, 6) is 0.295. The van der Waals surface area contributed by atoms with Crippen LogP contribution in [0.4, 0.5) is 5.69 Å². The van der Waals surface area contributed by atoms with Gasteiger partial charge in [0.1, 0.15) is 0 Å². The third-order valence-corrected chi connectivity index (χ3v) is 5.34. The number of amides is 1. The van der Waals surface area contributed by atoms with Crippen molar-refractivity contribution in [2.75, 3.05) is 5.32 Å². The zero-order valence-electron chi connectivity index (χ0n) is 16.4. The molecule has 0 saturated heterocycles. The Balaban J connectivity index is 1.41. The van der Waals surface area contributed by atoms with Crippen LogP contribution in [0.3, 0.4) is 0 Å². The summed E-state index contributed by atoms with van der Waals surface area (Å²) in [5.41, 5.74) is 4.05. The van der Waals surface area contributed by atoms with Crippen LogP contribution in [0.5, 0.6) is 0 Å². The van der Waals surface area contributed by atoms with Crippen LogP contribution in [-0.2, 0) is 0 Å². The van der Waals surface area contributed by atoms with Crippen molar-refractivity contribution >= 4 is 40.4 Å². The molecule has 0 radical (unpaired) electrons. The largest absolute Gasteiger partial charge is 0.322 e. The van der Waals surface area contributed by atoms with Gasteiger partial charge in [-0.15, -0.1) is 10.2 Å². The van der Waals surface area contributed by atoms with Crippen molar-refractivity contribution in [3.05, 3.63) is 94.7 Å². The molecule has 0 saturated carbocycles. The Morgan fingerprint density at radius 3 is 2.50 bits per heavy atom. The van der Waals surface area contributed by atoms with E-state index >= 15 is 0 Å². The molecule has 2 aromatic carbocycles. The van der Waals surface area contributed by atoms with Crippen LogP contribution in [-0.4, -0.2) is 30.7 Å². The molecule has 3 aromatic heterocycles. The van der Waals surface area contributed by atoms with Crippen molar-refractivity contribution < 1.29 is 4.79 Å². The highest BCUT2D eigenvalue weighted by Gasteiger charge is 2.13. The number of nitrogens with zero attached hydrogens (tertiary/aromatic N) is 5. The lowest BCUT2D eigenvalue weighted by Crippen LogP contribution is -2.12. The number of hydrogen-bond acceptors (Lipinski definition) is 5. The topological polar surface area (TPSA) is 85.1 Å². The molecule has 0 aliphatic rings. The lowest BCUT2D eigenvalue weighted by atomic mass is 10.1. The van der Waals surface area contributed by atoms with Crippen LogP contribution in [0.2, 0.25) is 10.0 Å². The minimum atomic E-state index is -0.315. The van der Waals surface area contributed by atoms with Crippen molar-refractivity contribution in [3.63, 3.8) is 0 Å². The van der Waals surface area contributed by atoms with Crippen LogP contribution >= 0.6 is 23.2 Å². The monoisotopic (exact) mass is 460 g/mol. The fraction of sp³-hybridized carbons (Fsp3) is 0. The number of carbonyl (C=O) groups excluding carboxylic acids is 1. The molecule has 3 heterocycles.